The number of piperidine rings is 1. The fourth-order valence-electron chi connectivity index (χ4n) is 3.68. The number of nitrogen functional groups attached to an aromatic ring is 1. The number of carbonyl (C=O) groups is 2. The Morgan fingerprint density at radius 3 is 2.79 bits per heavy atom. The average Bonchev–Trinajstić information content (AvgIpc) is 3.05. The molecule has 1 fully saturated rings. The van der Waals surface area contributed by atoms with E-state index in [2.05, 4.69) is 6.58 Å². The molecule has 1 aliphatic heterocycles. The summed E-state index contributed by atoms with van der Waals surface area (Å²) in [6, 6.07) is 5.16. The molecule has 3 rings (SSSR count). The molecule has 0 spiro atoms. The number of hydrogen-bond acceptors (Lipinski definition) is 4. The Kier molecular flexibility index (Phi) is 5.65. The zero-order chi connectivity index (χ0) is 20.4. The zero-order valence-electron chi connectivity index (χ0n) is 15.7. The highest BCUT2D eigenvalue weighted by Gasteiger charge is 2.29. The third kappa shape index (κ3) is 3.57. The fourth-order valence-corrected chi connectivity index (χ4v) is 3.87. The summed E-state index contributed by atoms with van der Waals surface area (Å²) < 4.78 is 6.92. The van der Waals surface area contributed by atoms with E-state index in [1.165, 1.54) is 13.2 Å². The highest BCUT2D eigenvalue weighted by atomic mass is 35.5. The summed E-state index contributed by atoms with van der Waals surface area (Å²) >= 11 is 6.11. The number of carbonyl (C=O) groups excluding carboxylic acids is 2. The number of anilines is 1. The summed E-state index contributed by atoms with van der Waals surface area (Å²) in [5.41, 5.74) is 13.9. The molecule has 1 atom stereocenters. The summed E-state index contributed by atoms with van der Waals surface area (Å²) in [5.74, 6) is -0.261. The molecule has 0 bridgehead atoms. The maximum Gasteiger partial charge on any atom is 0.267 e. The fraction of sp³-hybridized carbons (Fsp3) is 0.300. The Hall–Kier alpha value is -2.93. The third-order valence-electron chi connectivity index (χ3n) is 5.07. The van der Waals surface area contributed by atoms with E-state index in [1.54, 1.807) is 27.7 Å². The molecule has 148 valence electrons. The number of methoxy groups -OCH3 is 1. The second-order valence-corrected chi connectivity index (χ2v) is 7.13. The van der Waals surface area contributed by atoms with Crippen molar-refractivity contribution in [3.05, 3.63) is 53.3 Å². The first-order valence-electron chi connectivity index (χ1n) is 8.93. The van der Waals surface area contributed by atoms with E-state index < -0.39 is 5.91 Å². The Morgan fingerprint density at radius 1 is 1.39 bits per heavy atom. The van der Waals surface area contributed by atoms with Crippen molar-refractivity contribution < 1.29 is 14.3 Å². The monoisotopic (exact) mass is 402 g/mol. The molecule has 28 heavy (non-hydrogen) atoms. The molecule has 1 aliphatic rings. The number of benzene rings is 1. The molecular weight excluding hydrogens is 380 g/mol. The summed E-state index contributed by atoms with van der Waals surface area (Å²) in [4.78, 5) is 25.9. The van der Waals surface area contributed by atoms with E-state index in [9.17, 15) is 9.59 Å². The minimum Gasteiger partial charge on any atom is -0.495 e. The molecule has 2 amide bonds. The number of amides is 2. The van der Waals surface area contributed by atoms with Gasteiger partial charge in [-0.05, 0) is 36.6 Å². The van der Waals surface area contributed by atoms with E-state index in [1.807, 2.05) is 6.20 Å². The predicted octanol–water partition coefficient (Wildman–Crippen LogP) is 2.71. The lowest BCUT2D eigenvalue weighted by Gasteiger charge is -2.32. The van der Waals surface area contributed by atoms with Crippen LogP contribution in [0.25, 0.3) is 5.69 Å². The molecule has 2 aromatic rings. The van der Waals surface area contributed by atoms with Crippen LogP contribution >= 0.6 is 11.6 Å². The summed E-state index contributed by atoms with van der Waals surface area (Å²) in [7, 11) is 1.52. The molecule has 0 aliphatic carbocycles. The highest BCUT2D eigenvalue weighted by Crippen LogP contribution is 2.36. The van der Waals surface area contributed by atoms with Crippen LogP contribution in [-0.4, -0.2) is 41.5 Å². The van der Waals surface area contributed by atoms with Gasteiger partial charge >= 0.3 is 0 Å². The quantitative estimate of drug-likeness (QED) is 0.750. The van der Waals surface area contributed by atoms with Gasteiger partial charge in [-0.15, -0.1) is 0 Å². The molecule has 0 saturated carbocycles. The lowest BCUT2D eigenvalue weighted by Crippen LogP contribution is -2.38. The van der Waals surface area contributed by atoms with E-state index in [0.717, 1.165) is 18.4 Å². The largest absolute Gasteiger partial charge is 0.495 e. The Labute approximate surface area is 168 Å². The molecule has 0 radical (unpaired) electrons. The van der Waals surface area contributed by atoms with Crippen molar-refractivity contribution in [3.63, 3.8) is 0 Å². The SMILES string of the molecule is C=CC(=O)N1CCCC(c2cn(-c3ccc(Cl)c(OC)c3)c(C(N)=O)c2N)C1. The van der Waals surface area contributed by atoms with E-state index in [4.69, 9.17) is 27.8 Å². The average molecular weight is 403 g/mol. The number of nitrogens with zero attached hydrogens (tertiary/aromatic N) is 2. The predicted molar refractivity (Wildman–Crippen MR) is 109 cm³/mol. The van der Waals surface area contributed by atoms with Gasteiger partial charge in [-0.2, -0.15) is 0 Å². The minimum absolute atomic E-state index is 0.00574. The molecule has 2 heterocycles. The first-order chi connectivity index (χ1) is 13.4. The number of halogens is 1. The van der Waals surface area contributed by atoms with Gasteiger partial charge in [0.15, 0.2) is 0 Å². The van der Waals surface area contributed by atoms with Crippen molar-refractivity contribution in [1.82, 2.24) is 9.47 Å². The van der Waals surface area contributed by atoms with Gasteiger partial charge in [-0.1, -0.05) is 18.2 Å². The molecule has 1 aromatic heterocycles. The first-order valence-corrected chi connectivity index (χ1v) is 9.31. The Bertz CT molecular complexity index is 938. The van der Waals surface area contributed by atoms with Crippen LogP contribution in [0.3, 0.4) is 0 Å². The number of nitrogens with two attached hydrogens (primary N) is 2. The van der Waals surface area contributed by atoms with Crippen LogP contribution in [0.15, 0.2) is 37.1 Å². The van der Waals surface area contributed by atoms with Crippen LogP contribution in [0.2, 0.25) is 5.02 Å². The lowest BCUT2D eigenvalue weighted by atomic mass is 9.91. The van der Waals surface area contributed by atoms with Crippen LogP contribution in [0, 0.1) is 0 Å². The van der Waals surface area contributed by atoms with Gasteiger partial charge in [-0.25, -0.2) is 0 Å². The topological polar surface area (TPSA) is 104 Å². The molecule has 1 saturated heterocycles. The number of rotatable bonds is 5. The minimum atomic E-state index is -0.632. The van der Waals surface area contributed by atoms with Crippen LogP contribution in [0.1, 0.15) is 34.8 Å². The van der Waals surface area contributed by atoms with E-state index in [-0.39, 0.29) is 17.5 Å². The van der Waals surface area contributed by atoms with Gasteiger partial charge in [0.05, 0.1) is 17.8 Å². The third-order valence-corrected chi connectivity index (χ3v) is 5.38. The van der Waals surface area contributed by atoms with Crippen molar-refractivity contribution in [3.8, 4) is 11.4 Å². The van der Waals surface area contributed by atoms with Gasteiger partial charge in [-0.3, -0.25) is 9.59 Å². The second kappa shape index (κ2) is 7.98. The van der Waals surface area contributed by atoms with Crippen molar-refractivity contribution >= 4 is 29.1 Å². The van der Waals surface area contributed by atoms with Crippen LogP contribution in [0.5, 0.6) is 5.75 Å². The lowest BCUT2D eigenvalue weighted by molar-refractivity contribution is -0.127. The molecule has 1 aromatic carbocycles. The number of ether oxygens (including phenoxy) is 1. The van der Waals surface area contributed by atoms with Crippen LogP contribution in [-0.2, 0) is 4.79 Å². The first kappa shape index (κ1) is 19.8. The van der Waals surface area contributed by atoms with Gasteiger partial charge in [0, 0.05) is 37.0 Å². The Morgan fingerprint density at radius 2 is 2.14 bits per heavy atom. The molecule has 4 N–H and O–H groups in total. The van der Waals surface area contributed by atoms with Crippen molar-refractivity contribution in [2.24, 2.45) is 5.73 Å². The smallest absolute Gasteiger partial charge is 0.267 e. The van der Waals surface area contributed by atoms with Crippen LogP contribution < -0.4 is 16.2 Å². The summed E-state index contributed by atoms with van der Waals surface area (Å²) in [6.07, 6.45) is 4.82. The van der Waals surface area contributed by atoms with Crippen LogP contribution in [0.4, 0.5) is 5.69 Å². The summed E-state index contributed by atoms with van der Waals surface area (Å²) in [5, 5.41) is 0.457. The van der Waals surface area contributed by atoms with Gasteiger partial charge in [0.2, 0.25) is 5.91 Å². The van der Waals surface area contributed by atoms with Gasteiger partial charge in [0.25, 0.3) is 5.91 Å². The zero-order valence-corrected chi connectivity index (χ0v) is 16.4. The summed E-state index contributed by atoms with van der Waals surface area (Å²) in [6.45, 7) is 4.75. The maximum absolute atomic E-state index is 12.1. The van der Waals surface area contributed by atoms with Crippen molar-refractivity contribution in [1.29, 1.82) is 0 Å². The Balaban J connectivity index is 2.05. The normalized spacial score (nSPS) is 16.6. The van der Waals surface area contributed by atoms with Gasteiger partial charge in [0.1, 0.15) is 11.4 Å². The molecule has 1 unspecified atom stereocenters. The number of likely N-dealkylation sites (tertiary alicyclic amines) is 1. The van der Waals surface area contributed by atoms with Crippen molar-refractivity contribution in [2.45, 2.75) is 18.8 Å². The highest BCUT2D eigenvalue weighted by molar-refractivity contribution is 6.32. The number of hydrogen-bond donors (Lipinski definition) is 2. The molecule has 7 nitrogen and oxygen atoms in total. The van der Waals surface area contributed by atoms with Crippen molar-refractivity contribution in [2.75, 3.05) is 25.9 Å². The van der Waals surface area contributed by atoms with Gasteiger partial charge < -0.3 is 25.7 Å². The number of aromatic nitrogens is 1. The standard InChI is InChI=1S/C20H23ClN4O3/c1-3-17(26)24-8-4-5-12(10-24)14-11-25(19(18(14)22)20(23)27)13-6-7-15(21)16(9-13)28-2/h3,6-7,9,11-12H,1,4-5,8,10,22H2,2H3,(H2,23,27). The molecular formula is C20H23ClN4O3. The molecule has 8 heteroatoms. The van der Waals surface area contributed by atoms with E-state index in [0.29, 0.717) is 35.2 Å². The van der Waals surface area contributed by atoms with E-state index >= 15 is 0 Å². The maximum atomic E-state index is 12.1. The second-order valence-electron chi connectivity index (χ2n) is 6.73. The number of primary amides is 1.